The van der Waals surface area contributed by atoms with Gasteiger partial charge in [-0.2, -0.15) is 0 Å². The normalized spacial score (nSPS) is 22.0. The standard InChI is InChI=1S/C13H19N3O4S/c1-21(18,19)16-10-4-2-9(3-5-10)15-13(17)12-7-6-11(8-14)20-12/h2-5,11-12,16H,6-8,14H2,1H3,(H,15,17). The van der Waals surface area contributed by atoms with E-state index in [9.17, 15) is 13.2 Å². The Kier molecular flexibility index (Phi) is 4.81. The molecule has 1 fully saturated rings. The van der Waals surface area contributed by atoms with Crippen molar-refractivity contribution >= 4 is 27.3 Å². The Labute approximate surface area is 123 Å². The van der Waals surface area contributed by atoms with Gasteiger partial charge in [0.15, 0.2) is 0 Å². The molecule has 2 rings (SSSR count). The molecule has 1 saturated heterocycles. The molecule has 4 N–H and O–H groups in total. The second kappa shape index (κ2) is 6.42. The molecule has 7 nitrogen and oxygen atoms in total. The molecule has 1 heterocycles. The second-order valence-corrected chi connectivity index (χ2v) is 6.75. The fourth-order valence-electron chi connectivity index (χ4n) is 2.13. The van der Waals surface area contributed by atoms with Crippen molar-refractivity contribution in [3.05, 3.63) is 24.3 Å². The van der Waals surface area contributed by atoms with E-state index in [1.54, 1.807) is 24.3 Å². The average molecular weight is 313 g/mol. The predicted molar refractivity (Wildman–Crippen MR) is 80.5 cm³/mol. The van der Waals surface area contributed by atoms with Crippen molar-refractivity contribution in [1.29, 1.82) is 0 Å². The number of rotatable bonds is 5. The lowest BCUT2D eigenvalue weighted by molar-refractivity contribution is -0.126. The number of amides is 1. The predicted octanol–water partition coefficient (Wildman–Crippen LogP) is 0.503. The van der Waals surface area contributed by atoms with Gasteiger partial charge >= 0.3 is 0 Å². The minimum atomic E-state index is -3.30. The van der Waals surface area contributed by atoms with Crippen LogP contribution >= 0.6 is 0 Å². The van der Waals surface area contributed by atoms with E-state index < -0.39 is 16.1 Å². The molecule has 0 spiro atoms. The molecule has 0 saturated carbocycles. The third-order valence-electron chi connectivity index (χ3n) is 3.12. The van der Waals surface area contributed by atoms with Gasteiger partial charge in [-0.05, 0) is 37.1 Å². The largest absolute Gasteiger partial charge is 0.364 e. The van der Waals surface area contributed by atoms with Crippen molar-refractivity contribution in [2.75, 3.05) is 22.8 Å². The lowest BCUT2D eigenvalue weighted by Gasteiger charge is -2.13. The van der Waals surface area contributed by atoms with Crippen molar-refractivity contribution in [2.24, 2.45) is 5.73 Å². The van der Waals surface area contributed by atoms with Crippen LogP contribution in [0.15, 0.2) is 24.3 Å². The zero-order valence-electron chi connectivity index (χ0n) is 11.7. The van der Waals surface area contributed by atoms with Crippen LogP contribution in [0.2, 0.25) is 0 Å². The van der Waals surface area contributed by atoms with Crippen LogP contribution in [-0.2, 0) is 19.6 Å². The van der Waals surface area contributed by atoms with E-state index in [0.717, 1.165) is 12.7 Å². The van der Waals surface area contributed by atoms with E-state index in [1.165, 1.54) is 0 Å². The van der Waals surface area contributed by atoms with Crippen molar-refractivity contribution in [3.8, 4) is 0 Å². The second-order valence-electron chi connectivity index (χ2n) is 5.00. The van der Waals surface area contributed by atoms with Crippen LogP contribution in [0.1, 0.15) is 12.8 Å². The van der Waals surface area contributed by atoms with Crippen LogP contribution in [-0.4, -0.2) is 39.3 Å². The summed E-state index contributed by atoms with van der Waals surface area (Å²) in [6, 6.07) is 6.41. The van der Waals surface area contributed by atoms with Crippen molar-refractivity contribution in [3.63, 3.8) is 0 Å². The fraction of sp³-hybridized carbons (Fsp3) is 0.462. The monoisotopic (exact) mass is 313 g/mol. The maximum Gasteiger partial charge on any atom is 0.253 e. The first-order valence-electron chi connectivity index (χ1n) is 6.61. The van der Waals surface area contributed by atoms with Crippen LogP contribution < -0.4 is 15.8 Å². The van der Waals surface area contributed by atoms with E-state index in [4.69, 9.17) is 10.5 Å². The number of hydrogen-bond donors (Lipinski definition) is 3. The molecular weight excluding hydrogens is 294 g/mol. The minimum absolute atomic E-state index is 0.0536. The highest BCUT2D eigenvalue weighted by molar-refractivity contribution is 7.92. The quantitative estimate of drug-likeness (QED) is 0.733. The highest BCUT2D eigenvalue weighted by atomic mass is 32.2. The van der Waals surface area contributed by atoms with E-state index in [0.29, 0.717) is 24.3 Å². The average Bonchev–Trinajstić information content (AvgIpc) is 2.88. The lowest BCUT2D eigenvalue weighted by atomic mass is 10.2. The number of carbonyl (C=O) groups is 1. The van der Waals surface area contributed by atoms with Gasteiger partial charge < -0.3 is 15.8 Å². The molecule has 1 amide bonds. The molecule has 21 heavy (non-hydrogen) atoms. The van der Waals surface area contributed by atoms with E-state index in [-0.39, 0.29) is 12.0 Å². The van der Waals surface area contributed by atoms with Crippen molar-refractivity contribution in [2.45, 2.75) is 25.0 Å². The minimum Gasteiger partial charge on any atom is -0.364 e. The molecular formula is C13H19N3O4S. The van der Waals surface area contributed by atoms with E-state index in [2.05, 4.69) is 10.0 Å². The van der Waals surface area contributed by atoms with Gasteiger partial charge in [0, 0.05) is 17.9 Å². The van der Waals surface area contributed by atoms with Gasteiger partial charge in [-0.15, -0.1) is 0 Å². The van der Waals surface area contributed by atoms with Crippen LogP contribution in [0.3, 0.4) is 0 Å². The number of nitrogens with two attached hydrogens (primary N) is 1. The molecule has 0 radical (unpaired) electrons. The Morgan fingerprint density at radius 1 is 1.29 bits per heavy atom. The summed E-state index contributed by atoms with van der Waals surface area (Å²) < 4.78 is 30.0. The van der Waals surface area contributed by atoms with Crippen LogP contribution in [0.5, 0.6) is 0 Å². The van der Waals surface area contributed by atoms with Gasteiger partial charge in [-0.3, -0.25) is 9.52 Å². The van der Waals surface area contributed by atoms with Crippen molar-refractivity contribution < 1.29 is 17.9 Å². The molecule has 1 aromatic carbocycles. The molecule has 2 atom stereocenters. The molecule has 1 aromatic rings. The topological polar surface area (TPSA) is 111 Å². The number of benzene rings is 1. The molecule has 1 aliphatic rings. The van der Waals surface area contributed by atoms with Gasteiger partial charge in [-0.25, -0.2) is 8.42 Å². The molecule has 116 valence electrons. The lowest BCUT2D eigenvalue weighted by Crippen LogP contribution is -2.29. The SMILES string of the molecule is CS(=O)(=O)Nc1ccc(NC(=O)C2CCC(CN)O2)cc1. The van der Waals surface area contributed by atoms with Crippen LogP contribution in [0, 0.1) is 0 Å². The summed E-state index contributed by atoms with van der Waals surface area (Å²) in [6.45, 7) is 0.412. The maximum atomic E-state index is 12.0. The fourth-order valence-corrected chi connectivity index (χ4v) is 2.69. The Balaban J connectivity index is 1.93. The van der Waals surface area contributed by atoms with Gasteiger partial charge in [0.05, 0.1) is 12.4 Å². The van der Waals surface area contributed by atoms with Crippen molar-refractivity contribution in [1.82, 2.24) is 0 Å². The molecule has 0 aromatic heterocycles. The summed E-state index contributed by atoms with van der Waals surface area (Å²) in [5.74, 6) is -0.213. The third kappa shape index (κ3) is 4.69. The molecule has 0 aliphatic carbocycles. The summed E-state index contributed by atoms with van der Waals surface area (Å²) in [6.07, 6.45) is 1.98. The zero-order chi connectivity index (χ0) is 15.5. The number of ether oxygens (including phenoxy) is 1. The zero-order valence-corrected chi connectivity index (χ0v) is 12.5. The summed E-state index contributed by atoms with van der Waals surface area (Å²) in [4.78, 5) is 12.0. The molecule has 2 unspecified atom stereocenters. The number of hydrogen-bond acceptors (Lipinski definition) is 5. The maximum absolute atomic E-state index is 12.0. The molecule has 8 heteroatoms. The summed E-state index contributed by atoms with van der Waals surface area (Å²) in [7, 11) is -3.30. The van der Waals surface area contributed by atoms with E-state index in [1.807, 2.05) is 0 Å². The number of nitrogens with one attached hydrogen (secondary N) is 2. The Hall–Kier alpha value is -1.64. The number of anilines is 2. The number of carbonyl (C=O) groups excluding carboxylic acids is 1. The third-order valence-corrected chi connectivity index (χ3v) is 3.73. The number of sulfonamides is 1. The first-order chi connectivity index (χ1) is 9.87. The Bertz CT molecular complexity index is 600. The Morgan fingerprint density at radius 3 is 2.43 bits per heavy atom. The smallest absolute Gasteiger partial charge is 0.253 e. The van der Waals surface area contributed by atoms with Crippen LogP contribution in [0.25, 0.3) is 0 Å². The van der Waals surface area contributed by atoms with Gasteiger partial charge in [-0.1, -0.05) is 0 Å². The summed E-state index contributed by atoms with van der Waals surface area (Å²) in [5.41, 5.74) is 6.53. The van der Waals surface area contributed by atoms with Crippen LogP contribution in [0.4, 0.5) is 11.4 Å². The summed E-state index contributed by atoms with van der Waals surface area (Å²) in [5, 5.41) is 2.74. The van der Waals surface area contributed by atoms with Gasteiger partial charge in [0.2, 0.25) is 10.0 Å². The first kappa shape index (κ1) is 15.7. The highest BCUT2D eigenvalue weighted by Crippen LogP contribution is 2.21. The molecule has 0 bridgehead atoms. The van der Waals surface area contributed by atoms with Gasteiger partial charge in [0.1, 0.15) is 6.10 Å². The van der Waals surface area contributed by atoms with E-state index >= 15 is 0 Å². The first-order valence-corrected chi connectivity index (χ1v) is 8.51. The van der Waals surface area contributed by atoms with Gasteiger partial charge in [0.25, 0.3) is 5.91 Å². The highest BCUT2D eigenvalue weighted by Gasteiger charge is 2.29. The summed E-state index contributed by atoms with van der Waals surface area (Å²) >= 11 is 0. The Morgan fingerprint density at radius 2 is 1.90 bits per heavy atom. The molecule has 1 aliphatic heterocycles.